The van der Waals surface area contributed by atoms with E-state index in [0.29, 0.717) is 45.7 Å². The van der Waals surface area contributed by atoms with Crippen LogP contribution in [0.5, 0.6) is 0 Å². The zero-order valence-corrected chi connectivity index (χ0v) is 14.5. The van der Waals surface area contributed by atoms with Crippen LogP contribution in [0.4, 0.5) is 0 Å². The molecule has 2 rings (SSSR count). The van der Waals surface area contributed by atoms with Gasteiger partial charge in [-0.3, -0.25) is 9.59 Å². The first-order valence-electron chi connectivity index (χ1n) is 8.38. The second kappa shape index (κ2) is 8.08. The monoisotopic (exact) mass is 327 g/mol. The number of piperidine rings is 1. The minimum absolute atomic E-state index is 0.0119. The van der Waals surface area contributed by atoms with Crippen LogP contribution in [0.3, 0.4) is 0 Å². The van der Waals surface area contributed by atoms with Crippen molar-refractivity contribution in [2.75, 3.05) is 60.0 Å². The van der Waals surface area contributed by atoms with E-state index in [1.807, 2.05) is 19.0 Å². The summed E-state index contributed by atoms with van der Waals surface area (Å²) >= 11 is 0. The van der Waals surface area contributed by atoms with Gasteiger partial charge in [0.15, 0.2) is 5.79 Å². The van der Waals surface area contributed by atoms with Crippen molar-refractivity contribution in [2.24, 2.45) is 0 Å². The Morgan fingerprint density at radius 3 is 2.22 bits per heavy atom. The molecule has 132 valence electrons. The number of amides is 2. The van der Waals surface area contributed by atoms with Gasteiger partial charge in [0.25, 0.3) is 0 Å². The third-order valence-corrected chi connectivity index (χ3v) is 4.50. The van der Waals surface area contributed by atoms with Crippen molar-refractivity contribution in [1.82, 2.24) is 14.7 Å². The van der Waals surface area contributed by atoms with Crippen molar-refractivity contribution in [1.29, 1.82) is 0 Å². The summed E-state index contributed by atoms with van der Waals surface area (Å²) in [5.74, 6) is -0.506. The Morgan fingerprint density at radius 2 is 1.70 bits per heavy atom. The zero-order valence-electron chi connectivity index (χ0n) is 14.5. The molecule has 0 bridgehead atoms. The van der Waals surface area contributed by atoms with Gasteiger partial charge in [0.1, 0.15) is 0 Å². The minimum atomic E-state index is -0.469. The first-order valence-corrected chi connectivity index (χ1v) is 8.38. The molecule has 2 heterocycles. The first kappa shape index (κ1) is 18.2. The van der Waals surface area contributed by atoms with Gasteiger partial charge < -0.3 is 24.2 Å². The highest BCUT2D eigenvalue weighted by molar-refractivity contribution is 5.83. The summed E-state index contributed by atoms with van der Waals surface area (Å²) in [5, 5.41) is 0. The predicted molar refractivity (Wildman–Crippen MR) is 85.9 cm³/mol. The van der Waals surface area contributed by atoms with Gasteiger partial charge in [-0.05, 0) is 27.1 Å². The Labute approximate surface area is 138 Å². The van der Waals surface area contributed by atoms with Crippen LogP contribution in [0.2, 0.25) is 0 Å². The van der Waals surface area contributed by atoms with E-state index in [2.05, 4.69) is 4.90 Å². The molecule has 2 amide bonds. The Bertz CT molecular complexity index is 412. The third kappa shape index (κ3) is 5.16. The van der Waals surface area contributed by atoms with E-state index in [0.717, 1.165) is 13.0 Å². The number of carbonyl (C=O) groups excluding carboxylic acids is 2. The van der Waals surface area contributed by atoms with Crippen LogP contribution in [-0.2, 0) is 19.1 Å². The molecule has 0 N–H and O–H groups in total. The van der Waals surface area contributed by atoms with Crippen molar-refractivity contribution in [3.63, 3.8) is 0 Å². The van der Waals surface area contributed by atoms with Crippen molar-refractivity contribution in [3.8, 4) is 0 Å². The summed E-state index contributed by atoms with van der Waals surface area (Å²) in [5.41, 5.74) is 0. The number of carbonyl (C=O) groups is 2. The van der Waals surface area contributed by atoms with E-state index in [1.54, 1.807) is 4.90 Å². The molecule has 1 spiro atoms. The zero-order chi connectivity index (χ0) is 16.9. The molecule has 2 fully saturated rings. The van der Waals surface area contributed by atoms with Gasteiger partial charge in [0, 0.05) is 39.4 Å². The van der Waals surface area contributed by atoms with E-state index in [4.69, 9.17) is 9.47 Å². The number of ether oxygens (including phenoxy) is 2. The molecule has 2 aliphatic rings. The van der Waals surface area contributed by atoms with Gasteiger partial charge >= 0.3 is 0 Å². The van der Waals surface area contributed by atoms with Gasteiger partial charge in [-0.25, -0.2) is 0 Å². The molecule has 0 atom stereocenters. The van der Waals surface area contributed by atoms with E-state index in [-0.39, 0.29) is 18.4 Å². The summed E-state index contributed by atoms with van der Waals surface area (Å²) < 4.78 is 11.3. The van der Waals surface area contributed by atoms with Crippen LogP contribution in [0.25, 0.3) is 0 Å². The fraction of sp³-hybridized carbons (Fsp3) is 0.875. The molecular weight excluding hydrogens is 298 g/mol. The predicted octanol–water partition coefficient (Wildman–Crippen LogP) is 0.152. The van der Waals surface area contributed by atoms with Crippen molar-refractivity contribution in [3.05, 3.63) is 0 Å². The average Bonchev–Trinajstić information content (AvgIpc) is 2.94. The van der Waals surface area contributed by atoms with Crippen LogP contribution in [0, 0.1) is 0 Å². The molecule has 0 aliphatic carbocycles. The van der Waals surface area contributed by atoms with Gasteiger partial charge in [0.2, 0.25) is 11.8 Å². The highest BCUT2D eigenvalue weighted by Crippen LogP contribution is 2.31. The lowest BCUT2D eigenvalue weighted by Gasteiger charge is -2.38. The molecule has 0 aromatic heterocycles. The maximum atomic E-state index is 12.5. The molecule has 2 saturated heterocycles. The Kier molecular flexibility index (Phi) is 6.38. The van der Waals surface area contributed by atoms with Crippen molar-refractivity contribution >= 4 is 11.8 Å². The van der Waals surface area contributed by atoms with Crippen LogP contribution in [-0.4, -0.2) is 92.3 Å². The number of hydrogen-bond donors (Lipinski definition) is 0. The summed E-state index contributed by atoms with van der Waals surface area (Å²) in [4.78, 5) is 29.7. The number of rotatable bonds is 6. The summed E-state index contributed by atoms with van der Waals surface area (Å²) in [7, 11) is 4.00. The van der Waals surface area contributed by atoms with Crippen LogP contribution < -0.4 is 0 Å². The molecule has 0 radical (unpaired) electrons. The van der Waals surface area contributed by atoms with Crippen molar-refractivity contribution < 1.29 is 19.1 Å². The lowest BCUT2D eigenvalue weighted by Crippen LogP contribution is -2.50. The molecular formula is C16H29N3O4. The average molecular weight is 327 g/mol. The normalized spacial score (nSPS) is 20.3. The fourth-order valence-corrected chi connectivity index (χ4v) is 3.07. The van der Waals surface area contributed by atoms with Gasteiger partial charge in [0.05, 0.1) is 19.8 Å². The summed E-state index contributed by atoms with van der Waals surface area (Å²) in [6, 6.07) is 0. The Morgan fingerprint density at radius 1 is 1.09 bits per heavy atom. The number of nitrogens with zero attached hydrogens (tertiary/aromatic N) is 3. The third-order valence-electron chi connectivity index (χ3n) is 4.50. The molecule has 0 unspecified atom stereocenters. The minimum Gasteiger partial charge on any atom is -0.347 e. The molecule has 7 nitrogen and oxygen atoms in total. The second-order valence-corrected chi connectivity index (χ2v) is 6.59. The molecule has 23 heavy (non-hydrogen) atoms. The van der Waals surface area contributed by atoms with E-state index in [1.165, 1.54) is 6.92 Å². The van der Waals surface area contributed by atoms with Gasteiger partial charge in [-0.2, -0.15) is 0 Å². The Balaban J connectivity index is 1.78. The van der Waals surface area contributed by atoms with Crippen LogP contribution >= 0.6 is 0 Å². The number of likely N-dealkylation sites (tertiary alicyclic amines) is 1. The summed E-state index contributed by atoms with van der Waals surface area (Å²) in [6.07, 6.45) is 2.28. The first-order chi connectivity index (χ1) is 10.9. The highest BCUT2D eigenvalue weighted by atomic mass is 16.7. The lowest BCUT2D eigenvalue weighted by atomic mass is 10.0. The smallest absolute Gasteiger partial charge is 0.242 e. The summed E-state index contributed by atoms with van der Waals surface area (Å²) in [6.45, 7) is 5.73. The van der Waals surface area contributed by atoms with E-state index in [9.17, 15) is 9.59 Å². The fourth-order valence-electron chi connectivity index (χ4n) is 3.07. The quantitative estimate of drug-likeness (QED) is 0.695. The highest BCUT2D eigenvalue weighted by Gasteiger charge is 2.40. The second-order valence-electron chi connectivity index (χ2n) is 6.59. The molecule has 0 saturated carbocycles. The van der Waals surface area contributed by atoms with Gasteiger partial charge in [-0.1, -0.05) is 0 Å². The maximum Gasteiger partial charge on any atom is 0.242 e. The molecule has 0 aromatic carbocycles. The largest absolute Gasteiger partial charge is 0.347 e. The molecule has 2 aliphatic heterocycles. The Hall–Kier alpha value is -1.18. The van der Waals surface area contributed by atoms with Crippen LogP contribution in [0.15, 0.2) is 0 Å². The number of hydrogen-bond acceptors (Lipinski definition) is 5. The van der Waals surface area contributed by atoms with E-state index >= 15 is 0 Å². The van der Waals surface area contributed by atoms with E-state index < -0.39 is 5.79 Å². The van der Waals surface area contributed by atoms with Gasteiger partial charge in [-0.15, -0.1) is 0 Å². The molecule has 7 heteroatoms. The standard InChI is InChI=1S/C16H29N3O4/c1-14(20)19(8-4-7-17(2)3)13-15(21)18-9-5-16(6-10-18)22-11-12-23-16/h4-13H2,1-3H3. The maximum absolute atomic E-state index is 12.5. The van der Waals surface area contributed by atoms with Crippen LogP contribution in [0.1, 0.15) is 26.2 Å². The lowest BCUT2D eigenvalue weighted by molar-refractivity contribution is -0.187. The molecule has 0 aromatic rings. The van der Waals surface area contributed by atoms with Crippen molar-refractivity contribution in [2.45, 2.75) is 32.0 Å². The topological polar surface area (TPSA) is 62.3 Å². The SMILES string of the molecule is CC(=O)N(CCCN(C)C)CC(=O)N1CCC2(CC1)OCCO2.